The second kappa shape index (κ2) is 9.05. The molecule has 0 aliphatic heterocycles. The Balaban J connectivity index is 0. The Labute approximate surface area is 47.0 Å². The van der Waals surface area contributed by atoms with Gasteiger partial charge in [0.15, 0.2) is 0 Å². The fourth-order valence-corrected chi connectivity index (χ4v) is 0.136. The van der Waals surface area contributed by atoms with Crippen molar-refractivity contribution in [3.63, 3.8) is 0 Å². The van der Waals surface area contributed by atoms with Crippen LogP contribution in [0.15, 0.2) is 0 Å². The molecular weight excluding hydrogens is 84.5 g/mol. The van der Waals surface area contributed by atoms with Crippen LogP contribution in [0.3, 0.4) is 0 Å². The molecule has 0 spiro atoms. The van der Waals surface area contributed by atoms with Crippen molar-refractivity contribution < 1.29 is 0 Å². The standard InChI is InChI=1S/C2H5B3.H4Si/c1-2-4-5-3;/h2H2,1H3;1H4. The average molecular weight is 93.6 g/mol. The lowest BCUT2D eigenvalue weighted by atomic mass is 9.27. The summed E-state index contributed by atoms with van der Waals surface area (Å²) in [5.41, 5.74) is 0. The maximum Gasteiger partial charge on any atom is 0.0541 e. The van der Waals surface area contributed by atoms with Crippen LogP contribution in [0.2, 0.25) is 6.32 Å². The molecule has 0 aromatic rings. The highest BCUT2D eigenvalue weighted by atomic mass is 28.1. The van der Waals surface area contributed by atoms with E-state index in [4.69, 9.17) is 7.74 Å². The third kappa shape index (κ3) is 8.83. The maximum absolute atomic E-state index is 4.96. The first kappa shape index (κ1) is 9.65. The van der Waals surface area contributed by atoms with Gasteiger partial charge in [0.05, 0.1) is 7.17 Å². The average Bonchev–Trinajstić information content (AvgIpc) is 1.41. The van der Waals surface area contributed by atoms with Gasteiger partial charge in [-0.1, -0.05) is 13.2 Å². The van der Waals surface area contributed by atoms with E-state index < -0.39 is 0 Å². The molecule has 6 heavy (non-hydrogen) atoms. The van der Waals surface area contributed by atoms with Gasteiger partial charge in [-0.2, -0.15) is 0 Å². The fourth-order valence-electron chi connectivity index (χ4n) is 0.136. The SMILES string of the molecule is [B][B][B]CC.[SiH4]. The van der Waals surface area contributed by atoms with E-state index in [1.54, 1.807) is 7.06 Å². The largest absolute Gasteiger partial charge is 0.0923 e. The van der Waals surface area contributed by atoms with E-state index in [9.17, 15) is 0 Å². The van der Waals surface area contributed by atoms with Crippen LogP contribution in [0.4, 0.5) is 0 Å². The molecule has 0 amide bonds. The molecule has 4 radical (unpaired) electrons. The van der Waals surface area contributed by atoms with Gasteiger partial charge < -0.3 is 0 Å². The Morgan fingerprint density at radius 2 is 2.17 bits per heavy atom. The van der Waals surface area contributed by atoms with E-state index in [-0.39, 0.29) is 11.0 Å². The first-order valence-electron chi connectivity index (χ1n) is 1.78. The smallest absolute Gasteiger partial charge is 0.0541 e. The van der Waals surface area contributed by atoms with Gasteiger partial charge in [0.2, 0.25) is 0 Å². The van der Waals surface area contributed by atoms with Crippen molar-refractivity contribution in [1.82, 2.24) is 0 Å². The van der Waals surface area contributed by atoms with Gasteiger partial charge in [-0.15, -0.1) is 0 Å². The predicted molar refractivity (Wildman–Crippen MR) is 39.1 cm³/mol. The van der Waals surface area contributed by atoms with Crippen LogP contribution < -0.4 is 0 Å². The summed E-state index contributed by atoms with van der Waals surface area (Å²) in [5, 5.41) is 0. The van der Waals surface area contributed by atoms with Gasteiger partial charge in [0.1, 0.15) is 0 Å². The molecule has 0 saturated heterocycles. The maximum atomic E-state index is 4.96. The van der Waals surface area contributed by atoms with Crippen molar-refractivity contribution >= 4 is 32.9 Å². The minimum Gasteiger partial charge on any atom is -0.0923 e. The molecule has 0 aliphatic rings. The first-order chi connectivity index (χ1) is 2.41. The fraction of sp³-hybridized carbons (Fsp3) is 1.00. The molecule has 0 bridgehead atoms. The van der Waals surface area contributed by atoms with Crippen LogP contribution in [0.5, 0.6) is 0 Å². The predicted octanol–water partition coefficient (Wildman–Crippen LogP) is -1.62. The van der Waals surface area contributed by atoms with Gasteiger partial charge in [0, 0.05) is 14.8 Å². The normalized spacial score (nSPS) is 5.50. The molecule has 0 unspecified atom stereocenters. The van der Waals surface area contributed by atoms with Gasteiger partial charge in [-0.25, -0.2) is 0 Å². The number of hydrogen-bond donors (Lipinski definition) is 0. The van der Waals surface area contributed by atoms with Crippen molar-refractivity contribution in [2.75, 3.05) is 0 Å². The summed E-state index contributed by atoms with van der Waals surface area (Å²) in [5.74, 6) is 0. The lowest BCUT2D eigenvalue weighted by Crippen LogP contribution is -1.98. The number of hydrogen-bond acceptors (Lipinski definition) is 0. The molecule has 0 aromatic carbocycles. The summed E-state index contributed by atoms with van der Waals surface area (Å²) in [4.78, 5) is 0. The zero-order chi connectivity index (χ0) is 4.12. The first-order valence-corrected chi connectivity index (χ1v) is 1.78. The van der Waals surface area contributed by atoms with E-state index >= 15 is 0 Å². The van der Waals surface area contributed by atoms with Gasteiger partial charge in [-0.05, 0) is 11.0 Å². The number of rotatable bonds is 2. The molecule has 0 rings (SSSR count). The summed E-state index contributed by atoms with van der Waals surface area (Å²) in [7, 11) is 8.42. The summed E-state index contributed by atoms with van der Waals surface area (Å²) in [6.45, 7) is 2.04. The summed E-state index contributed by atoms with van der Waals surface area (Å²) in [6.07, 6.45) is 1.04. The van der Waals surface area contributed by atoms with Gasteiger partial charge >= 0.3 is 0 Å². The van der Waals surface area contributed by atoms with E-state index in [1.165, 1.54) is 0 Å². The van der Waals surface area contributed by atoms with Crippen LogP contribution in [-0.2, 0) is 0 Å². The van der Waals surface area contributed by atoms with Gasteiger partial charge in [-0.3, -0.25) is 0 Å². The van der Waals surface area contributed by atoms with E-state index in [0.717, 1.165) is 6.32 Å². The molecule has 30 valence electrons. The van der Waals surface area contributed by atoms with E-state index in [2.05, 4.69) is 0 Å². The summed E-state index contributed by atoms with van der Waals surface area (Å²) in [6, 6.07) is 0. The summed E-state index contributed by atoms with van der Waals surface area (Å²) >= 11 is 0. The topological polar surface area (TPSA) is 0 Å². The van der Waals surface area contributed by atoms with Crippen molar-refractivity contribution in [2.24, 2.45) is 0 Å². The second-order valence-electron chi connectivity index (χ2n) is 0.836. The monoisotopic (exact) mass is 94.1 g/mol. The van der Waals surface area contributed by atoms with Crippen molar-refractivity contribution in [2.45, 2.75) is 13.2 Å². The molecule has 0 nitrogen and oxygen atoms in total. The molecule has 4 heteroatoms. The van der Waals surface area contributed by atoms with E-state index in [1.807, 2.05) is 14.1 Å². The molecule has 0 aliphatic carbocycles. The Kier molecular flexibility index (Phi) is 14.6. The van der Waals surface area contributed by atoms with Crippen LogP contribution in [0, 0.1) is 0 Å². The van der Waals surface area contributed by atoms with Crippen molar-refractivity contribution in [3.8, 4) is 0 Å². The lowest BCUT2D eigenvalue weighted by Gasteiger charge is -1.74. The molecular formula is C2H9B3Si. The Morgan fingerprint density at radius 3 is 2.17 bits per heavy atom. The molecule has 0 saturated carbocycles. The lowest BCUT2D eigenvalue weighted by molar-refractivity contribution is 1.47. The minimum absolute atomic E-state index is 0. The molecule has 0 atom stereocenters. The third-order valence-electron chi connectivity index (χ3n) is 0.372. The van der Waals surface area contributed by atoms with Crippen LogP contribution in [-0.4, -0.2) is 32.9 Å². The summed E-state index contributed by atoms with van der Waals surface area (Å²) < 4.78 is 0. The second-order valence-corrected chi connectivity index (χ2v) is 0.836. The highest BCUT2D eigenvalue weighted by Gasteiger charge is 1.73. The highest BCUT2D eigenvalue weighted by molar-refractivity contribution is 7.23. The van der Waals surface area contributed by atoms with Gasteiger partial charge in [0.25, 0.3) is 0 Å². The third-order valence-corrected chi connectivity index (χ3v) is 0.372. The quantitative estimate of drug-likeness (QED) is 0.360. The van der Waals surface area contributed by atoms with Crippen molar-refractivity contribution in [1.29, 1.82) is 0 Å². The minimum atomic E-state index is 0. The zero-order valence-electron chi connectivity index (χ0n) is 3.44. The van der Waals surface area contributed by atoms with Crippen LogP contribution in [0.1, 0.15) is 6.92 Å². The van der Waals surface area contributed by atoms with Crippen LogP contribution in [0.25, 0.3) is 0 Å². The molecule has 0 aromatic heterocycles. The zero-order valence-corrected chi connectivity index (χ0v) is 3.44. The Morgan fingerprint density at radius 1 is 1.67 bits per heavy atom. The van der Waals surface area contributed by atoms with Crippen LogP contribution >= 0.6 is 0 Å². The highest BCUT2D eigenvalue weighted by Crippen LogP contribution is 1.63. The van der Waals surface area contributed by atoms with Crippen molar-refractivity contribution in [3.05, 3.63) is 0 Å². The molecule has 0 heterocycles. The Hall–Kier alpha value is 0.412. The Bertz CT molecular complexity index is 16.3. The molecule has 0 fully saturated rings. The molecule has 0 N–H and O–H groups in total. The van der Waals surface area contributed by atoms with E-state index in [0.29, 0.717) is 0 Å².